The molecule has 0 saturated carbocycles. The molecule has 0 bridgehead atoms. The average molecular weight is 176 g/mol. The van der Waals surface area contributed by atoms with E-state index in [0.717, 1.165) is 6.07 Å². The van der Waals surface area contributed by atoms with Crippen LogP contribution in [0.4, 0.5) is 18.6 Å². The molecule has 1 rings (SSSR count). The Morgan fingerprint density at radius 3 is 2.42 bits per heavy atom. The molecule has 12 heavy (non-hydrogen) atoms. The minimum Gasteiger partial charge on any atom is -0.508 e. The third kappa shape index (κ3) is 2.73. The smallest absolute Gasteiger partial charge is 0.508 e. The van der Waals surface area contributed by atoms with Crippen LogP contribution >= 0.6 is 0 Å². The monoisotopic (exact) mass is 176 g/mol. The van der Waals surface area contributed by atoms with Gasteiger partial charge in [-0.2, -0.15) is 0 Å². The van der Waals surface area contributed by atoms with Crippen LogP contribution in [0.5, 0.6) is 5.75 Å². The summed E-state index contributed by atoms with van der Waals surface area (Å²) in [5.74, 6) is -0.194. The SMILES string of the molecule is Oc1cccc(N[B-](F)(F)F)c1. The number of nitrogens with one attached hydrogen (secondary N) is 1. The standard InChI is InChI=1S/C6H6BF3NO/c8-7(9,10)11-5-2-1-3-6(12)4-5/h1-4,11-12H/q-1. The molecule has 0 unspecified atom stereocenters. The van der Waals surface area contributed by atoms with Crippen molar-refractivity contribution in [2.45, 2.75) is 0 Å². The van der Waals surface area contributed by atoms with Gasteiger partial charge in [-0.25, -0.2) is 0 Å². The summed E-state index contributed by atoms with van der Waals surface area (Å²) in [6.07, 6.45) is 0. The minimum atomic E-state index is -5.06. The highest BCUT2D eigenvalue weighted by Gasteiger charge is 2.23. The number of anilines is 1. The second-order valence-electron chi connectivity index (χ2n) is 2.27. The van der Waals surface area contributed by atoms with E-state index in [9.17, 15) is 12.9 Å². The Kier molecular flexibility index (Phi) is 2.17. The van der Waals surface area contributed by atoms with Gasteiger partial charge >= 0.3 is 7.11 Å². The second kappa shape index (κ2) is 2.96. The lowest BCUT2D eigenvalue weighted by molar-refractivity contribution is 0.475. The fourth-order valence-corrected chi connectivity index (χ4v) is 0.785. The van der Waals surface area contributed by atoms with Gasteiger partial charge in [-0.1, -0.05) is 6.07 Å². The van der Waals surface area contributed by atoms with E-state index >= 15 is 0 Å². The normalized spacial score (nSPS) is 11.2. The van der Waals surface area contributed by atoms with Crippen LogP contribution in [0.15, 0.2) is 24.3 Å². The van der Waals surface area contributed by atoms with Gasteiger partial charge in [-0.05, 0) is 18.2 Å². The topological polar surface area (TPSA) is 32.3 Å². The van der Waals surface area contributed by atoms with Crippen molar-refractivity contribution in [1.82, 2.24) is 0 Å². The first-order valence-corrected chi connectivity index (χ1v) is 3.24. The lowest BCUT2D eigenvalue weighted by Crippen LogP contribution is -2.27. The maximum Gasteiger partial charge on any atom is 0.595 e. The zero-order valence-corrected chi connectivity index (χ0v) is 5.97. The van der Waals surface area contributed by atoms with Gasteiger partial charge < -0.3 is 23.3 Å². The van der Waals surface area contributed by atoms with Crippen molar-refractivity contribution in [3.63, 3.8) is 0 Å². The molecule has 0 heterocycles. The third-order valence-corrected chi connectivity index (χ3v) is 1.18. The summed E-state index contributed by atoms with van der Waals surface area (Å²) < 4.78 is 35.2. The van der Waals surface area contributed by atoms with Crippen LogP contribution in [-0.4, -0.2) is 12.2 Å². The summed E-state index contributed by atoms with van der Waals surface area (Å²) in [5, 5.41) is 10.1. The molecule has 1 aromatic rings. The molecule has 6 heteroatoms. The zero-order valence-electron chi connectivity index (χ0n) is 5.97. The Morgan fingerprint density at radius 1 is 1.25 bits per heavy atom. The molecule has 1 aromatic carbocycles. The molecule has 0 saturated heterocycles. The largest absolute Gasteiger partial charge is 0.595 e. The molecular weight excluding hydrogens is 170 g/mol. The molecule has 0 aliphatic heterocycles. The van der Waals surface area contributed by atoms with Gasteiger partial charge in [-0.3, -0.25) is 0 Å². The number of hydrogen-bond donors (Lipinski definition) is 2. The molecule has 0 aliphatic carbocycles. The van der Waals surface area contributed by atoms with E-state index in [1.54, 1.807) is 0 Å². The summed E-state index contributed by atoms with van der Waals surface area (Å²) in [7, 11) is -5.06. The molecule has 2 N–H and O–H groups in total. The number of aromatic hydroxyl groups is 1. The highest BCUT2D eigenvalue weighted by molar-refractivity contribution is 6.62. The number of halogens is 3. The van der Waals surface area contributed by atoms with Crippen LogP contribution in [-0.2, 0) is 0 Å². The predicted molar refractivity (Wildman–Crippen MR) is 40.8 cm³/mol. The molecule has 2 nitrogen and oxygen atoms in total. The Bertz CT molecular complexity index is 276. The van der Waals surface area contributed by atoms with Crippen molar-refractivity contribution in [1.29, 1.82) is 0 Å². The first kappa shape index (κ1) is 8.77. The van der Waals surface area contributed by atoms with Crippen LogP contribution in [0.3, 0.4) is 0 Å². The molecule has 0 radical (unpaired) electrons. The third-order valence-electron chi connectivity index (χ3n) is 1.18. The van der Waals surface area contributed by atoms with Gasteiger partial charge in [0.05, 0.1) is 0 Å². The summed E-state index contributed by atoms with van der Waals surface area (Å²) >= 11 is 0. The summed E-state index contributed by atoms with van der Waals surface area (Å²) in [6.45, 7) is 0. The number of phenols is 1. The molecule has 66 valence electrons. The number of phenolic OH excluding ortho intramolecular Hbond substituents is 1. The van der Waals surface area contributed by atoms with Gasteiger partial charge in [0.15, 0.2) is 0 Å². The lowest BCUT2D eigenvalue weighted by Gasteiger charge is -2.17. The van der Waals surface area contributed by atoms with E-state index in [1.807, 2.05) is 0 Å². The highest BCUT2D eigenvalue weighted by Crippen LogP contribution is 2.19. The van der Waals surface area contributed by atoms with E-state index in [0.29, 0.717) is 0 Å². The predicted octanol–water partition coefficient (Wildman–Crippen LogP) is 2.15. The first-order valence-electron chi connectivity index (χ1n) is 3.24. The Hall–Kier alpha value is -1.33. The Morgan fingerprint density at radius 2 is 1.92 bits per heavy atom. The number of benzene rings is 1. The van der Waals surface area contributed by atoms with Crippen LogP contribution in [0, 0.1) is 0 Å². The van der Waals surface area contributed by atoms with Gasteiger partial charge in [0.25, 0.3) is 0 Å². The van der Waals surface area contributed by atoms with Crippen molar-refractivity contribution in [3.8, 4) is 5.75 Å². The van der Waals surface area contributed by atoms with Gasteiger partial charge in [0.1, 0.15) is 5.75 Å². The second-order valence-corrected chi connectivity index (χ2v) is 2.27. The summed E-state index contributed by atoms with van der Waals surface area (Å²) in [4.78, 5) is 0. The molecule has 0 aliphatic rings. The fourth-order valence-electron chi connectivity index (χ4n) is 0.785. The van der Waals surface area contributed by atoms with E-state index in [4.69, 9.17) is 5.11 Å². The molecule has 0 atom stereocenters. The van der Waals surface area contributed by atoms with E-state index in [2.05, 4.69) is 0 Å². The van der Waals surface area contributed by atoms with Crippen molar-refractivity contribution in [2.24, 2.45) is 0 Å². The number of hydrogen-bond acceptors (Lipinski definition) is 2. The quantitative estimate of drug-likeness (QED) is 0.676. The summed E-state index contributed by atoms with van der Waals surface area (Å²) in [6, 6.07) is 4.87. The van der Waals surface area contributed by atoms with Crippen molar-refractivity contribution in [2.75, 3.05) is 5.23 Å². The van der Waals surface area contributed by atoms with E-state index in [1.165, 1.54) is 23.4 Å². The average Bonchev–Trinajstić information content (AvgIpc) is 1.82. The zero-order chi connectivity index (χ0) is 9.19. The van der Waals surface area contributed by atoms with Crippen molar-refractivity contribution < 1.29 is 18.1 Å². The molecule has 0 spiro atoms. The minimum absolute atomic E-state index is 0.150. The van der Waals surface area contributed by atoms with Crippen LogP contribution < -0.4 is 5.23 Å². The highest BCUT2D eigenvalue weighted by atomic mass is 19.4. The molecule has 0 amide bonds. The maximum absolute atomic E-state index is 11.7. The van der Waals surface area contributed by atoms with Gasteiger partial charge in [0, 0.05) is 5.69 Å². The fraction of sp³-hybridized carbons (Fsp3) is 0. The molecule has 0 fully saturated rings. The maximum atomic E-state index is 11.7. The van der Waals surface area contributed by atoms with Crippen LogP contribution in [0.25, 0.3) is 0 Å². The van der Waals surface area contributed by atoms with E-state index < -0.39 is 7.11 Å². The summed E-state index contributed by atoms with van der Waals surface area (Å²) in [5.41, 5.74) is -0.150. The van der Waals surface area contributed by atoms with Gasteiger partial charge in [-0.15, -0.1) is 0 Å². The molecular formula is C6H6BF3NO-. The van der Waals surface area contributed by atoms with Crippen molar-refractivity contribution in [3.05, 3.63) is 24.3 Å². The van der Waals surface area contributed by atoms with Crippen molar-refractivity contribution >= 4 is 12.8 Å². The number of rotatable bonds is 2. The van der Waals surface area contributed by atoms with E-state index in [-0.39, 0.29) is 11.4 Å². The van der Waals surface area contributed by atoms with Gasteiger partial charge in [0.2, 0.25) is 0 Å². The van der Waals surface area contributed by atoms with Crippen LogP contribution in [0.2, 0.25) is 0 Å². The lowest BCUT2D eigenvalue weighted by atomic mass is 10.1. The van der Waals surface area contributed by atoms with Crippen LogP contribution in [0.1, 0.15) is 0 Å². The Balaban J connectivity index is 2.77. The Labute approximate surface area is 67.1 Å². The molecule has 0 aromatic heterocycles. The first-order chi connectivity index (χ1) is 5.47.